The molecule has 0 fully saturated rings. The van der Waals surface area contributed by atoms with Gasteiger partial charge in [-0.25, -0.2) is 10.2 Å². The molecule has 2 aromatic rings. The van der Waals surface area contributed by atoms with Crippen molar-refractivity contribution in [3.8, 4) is 5.75 Å². The summed E-state index contributed by atoms with van der Waals surface area (Å²) >= 11 is 0. The molecule has 2 aromatic carbocycles. The van der Waals surface area contributed by atoms with E-state index in [9.17, 15) is 18.0 Å². The predicted molar refractivity (Wildman–Crippen MR) is 95.3 cm³/mol. The minimum absolute atomic E-state index is 0.0685. The van der Waals surface area contributed by atoms with Crippen molar-refractivity contribution in [2.75, 3.05) is 5.32 Å². The molecular weight excluding hydrogens is 360 g/mol. The average Bonchev–Trinajstić information content (AvgIpc) is 2.54. The van der Waals surface area contributed by atoms with Gasteiger partial charge in [0.05, 0.1) is 6.21 Å². The number of hydrazone groups is 1. The highest BCUT2D eigenvalue weighted by Gasteiger charge is 2.16. The van der Waals surface area contributed by atoms with Crippen LogP contribution >= 0.6 is 0 Å². The van der Waals surface area contributed by atoms with Crippen molar-refractivity contribution in [1.29, 1.82) is 0 Å². The summed E-state index contributed by atoms with van der Waals surface area (Å²) in [5.41, 5.74) is 7.87. The fourth-order valence-electron chi connectivity index (χ4n) is 1.90. The molecule has 0 saturated heterocycles. The zero-order chi connectivity index (χ0) is 19.2. The highest BCUT2D eigenvalue weighted by Crippen LogP contribution is 2.21. The Kier molecular flexibility index (Phi) is 5.91. The molecule has 136 valence electrons. The lowest BCUT2D eigenvalue weighted by Crippen LogP contribution is -2.24. The van der Waals surface area contributed by atoms with Gasteiger partial charge >= 0.3 is 16.1 Å². The van der Waals surface area contributed by atoms with Crippen molar-refractivity contribution in [2.24, 2.45) is 10.8 Å². The van der Waals surface area contributed by atoms with Gasteiger partial charge < -0.3 is 15.2 Å². The molecule has 0 aliphatic rings. The molecule has 9 nitrogen and oxygen atoms in total. The van der Waals surface area contributed by atoms with Crippen LogP contribution in [-0.2, 0) is 14.9 Å². The van der Waals surface area contributed by atoms with Crippen LogP contribution in [0.25, 0.3) is 0 Å². The molecule has 0 spiro atoms. The maximum atomic E-state index is 12.3. The maximum Gasteiger partial charge on any atom is 0.339 e. The lowest BCUT2D eigenvalue weighted by molar-refractivity contribution is -0.114. The smallest absolute Gasteiger partial charge is 0.339 e. The van der Waals surface area contributed by atoms with E-state index in [1.165, 1.54) is 49.5 Å². The summed E-state index contributed by atoms with van der Waals surface area (Å²) in [5, 5.41) is 6.12. The van der Waals surface area contributed by atoms with Crippen LogP contribution in [0.15, 0.2) is 58.5 Å². The fraction of sp³-hybridized carbons (Fsp3) is 0.0625. The van der Waals surface area contributed by atoms with Gasteiger partial charge in [0.2, 0.25) is 5.91 Å². The Morgan fingerprint density at radius 3 is 2.46 bits per heavy atom. The van der Waals surface area contributed by atoms with E-state index in [1.54, 1.807) is 12.1 Å². The Balaban J connectivity index is 2.14. The highest BCUT2D eigenvalue weighted by molar-refractivity contribution is 7.87. The van der Waals surface area contributed by atoms with Gasteiger partial charge in [-0.15, -0.1) is 0 Å². The van der Waals surface area contributed by atoms with Crippen molar-refractivity contribution in [3.63, 3.8) is 0 Å². The topological polar surface area (TPSA) is 140 Å². The second-order valence-corrected chi connectivity index (χ2v) is 6.60. The van der Waals surface area contributed by atoms with Crippen LogP contribution in [0.5, 0.6) is 5.75 Å². The number of primary amides is 1. The molecule has 26 heavy (non-hydrogen) atoms. The lowest BCUT2D eigenvalue weighted by atomic mass is 10.2. The zero-order valence-corrected chi connectivity index (χ0v) is 14.5. The number of urea groups is 1. The van der Waals surface area contributed by atoms with Gasteiger partial charge in [-0.05, 0) is 42.0 Å². The molecule has 0 aliphatic heterocycles. The molecular formula is C16H16N4O5S. The van der Waals surface area contributed by atoms with Gasteiger partial charge in [-0.2, -0.15) is 13.5 Å². The molecule has 0 aromatic heterocycles. The number of nitrogens with zero attached hydrogens (tertiary/aromatic N) is 1. The van der Waals surface area contributed by atoms with Gasteiger partial charge in [0.1, 0.15) is 10.6 Å². The third kappa shape index (κ3) is 5.60. The van der Waals surface area contributed by atoms with Gasteiger partial charge in [-0.3, -0.25) is 4.79 Å². The summed E-state index contributed by atoms with van der Waals surface area (Å²) in [6, 6.07) is 10.8. The van der Waals surface area contributed by atoms with E-state index in [4.69, 9.17) is 9.92 Å². The highest BCUT2D eigenvalue weighted by atomic mass is 32.2. The number of carbonyl (C=O) groups excluding carboxylic acids is 2. The van der Waals surface area contributed by atoms with Crippen molar-refractivity contribution in [2.45, 2.75) is 11.8 Å². The average molecular weight is 376 g/mol. The van der Waals surface area contributed by atoms with Gasteiger partial charge in [0.15, 0.2) is 0 Å². The van der Waals surface area contributed by atoms with Crippen LogP contribution < -0.4 is 20.7 Å². The Morgan fingerprint density at radius 2 is 1.85 bits per heavy atom. The second-order valence-electron chi connectivity index (χ2n) is 5.05. The first-order chi connectivity index (χ1) is 12.3. The first-order valence-corrected chi connectivity index (χ1v) is 8.68. The minimum Gasteiger partial charge on any atom is -0.379 e. The van der Waals surface area contributed by atoms with E-state index < -0.39 is 16.1 Å². The SMILES string of the molecule is CC(=O)Nc1ccc(S(=O)(=O)Oc2cccc(/C=N\NC(N)=O)c2)cc1. The van der Waals surface area contributed by atoms with Crippen molar-refractivity contribution >= 4 is 34.0 Å². The largest absolute Gasteiger partial charge is 0.379 e. The molecule has 0 atom stereocenters. The number of anilines is 1. The first-order valence-electron chi connectivity index (χ1n) is 7.27. The molecule has 10 heteroatoms. The van der Waals surface area contributed by atoms with Crippen molar-refractivity contribution in [1.82, 2.24) is 5.43 Å². The molecule has 0 bridgehead atoms. The summed E-state index contributed by atoms with van der Waals surface area (Å²) in [6.45, 7) is 1.35. The van der Waals surface area contributed by atoms with Crippen molar-refractivity contribution < 1.29 is 22.2 Å². The number of rotatable bonds is 6. The third-order valence-electron chi connectivity index (χ3n) is 2.92. The molecule has 0 unspecified atom stereocenters. The van der Waals surface area contributed by atoms with Crippen LogP contribution in [0, 0.1) is 0 Å². The number of benzene rings is 2. The molecule has 0 heterocycles. The minimum atomic E-state index is -4.06. The Bertz CT molecular complexity index is 939. The number of amides is 3. The van der Waals surface area contributed by atoms with E-state index in [1.807, 2.05) is 5.43 Å². The van der Waals surface area contributed by atoms with Crippen LogP contribution in [-0.4, -0.2) is 26.6 Å². The predicted octanol–water partition coefficient (Wildman–Crippen LogP) is 1.41. The molecule has 0 aliphatic carbocycles. The lowest BCUT2D eigenvalue weighted by Gasteiger charge is -2.08. The molecule has 3 amide bonds. The summed E-state index contributed by atoms with van der Waals surface area (Å²) in [4.78, 5) is 21.5. The number of hydrogen-bond acceptors (Lipinski definition) is 6. The Morgan fingerprint density at radius 1 is 1.15 bits per heavy atom. The molecule has 0 saturated carbocycles. The summed E-state index contributed by atoms with van der Waals surface area (Å²) in [6.07, 6.45) is 1.28. The molecule has 4 N–H and O–H groups in total. The second kappa shape index (κ2) is 8.12. The Hall–Kier alpha value is -3.40. The summed E-state index contributed by atoms with van der Waals surface area (Å²) in [7, 11) is -4.06. The van der Waals surface area contributed by atoms with E-state index in [-0.39, 0.29) is 16.6 Å². The van der Waals surface area contributed by atoms with Gasteiger partial charge in [-0.1, -0.05) is 12.1 Å². The van der Waals surface area contributed by atoms with E-state index in [2.05, 4.69) is 10.4 Å². The monoisotopic (exact) mass is 376 g/mol. The molecule has 0 radical (unpaired) electrons. The van der Waals surface area contributed by atoms with Gasteiger partial charge in [0.25, 0.3) is 0 Å². The fourth-order valence-corrected chi connectivity index (χ4v) is 2.82. The normalized spacial score (nSPS) is 11.1. The number of nitrogens with one attached hydrogen (secondary N) is 2. The van der Waals surface area contributed by atoms with E-state index in [0.717, 1.165) is 0 Å². The quantitative estimate of drug-likeness (QED) is 0.397. The van der Waals surface area contributed by atoms with Crippen LogP contribution in [0.2, 0.25) is 0 Å². The van der Waals surface area contributed by atoms with E-state index >= 15 is 0 Å². The van der Waals surface area contributed by atoms with E-state index in [0.29, 0.717) is 11.3 Å². The molecule has 2 rings (SSSR count). The number of nitrogens with two attached hydrogens (primary N) is 1. The zero-order valence-electron chi connectivity index (χ0n) is 13.7. The van der Waals surface area contributed by atoms with Gasteiger partial charge in [0, 0.05) is 12.6 Å². The van der Waals surface area contributed by atoms with Crippen LogP contribution in [0.3, 0.4) is 0 Å². The third-order valence-corrected chi connectivity index (χ3v) is 4.18. The summed E-state index contributed by atoms with van der Waals surface area (Å²) in [5.74, 6) is -0.194. The first kappa shape index (κ1) is 18.9. The number of carbonyl (C=O) groups is 2. The summed E-state index contributed by atoms with van der Waals surface area (Å²) < 4.78 is 29.8. The maximum absolute atomic E-state index is 12.3. The standard InChI is InChI=1S/C16H16N4O5S/c1-11(21)19-13-5-7-15(8-6-13)26(23,24)25-14-4-2-3-12(9-14)10-18-20-16(17)22/h2-10H,1H3,(H,19,21)(H3,17,20,22)/b18-10-. The van der Waals surface area contributed by atoms with Crippen molar-refractivity contribution in [3.05, 3.63) is 54.1 Å². The van der Waals surface area contributed by atoms with Crippen LogP contribution in [0.4, 0.5) is 10.5 Å². The number of hydrogen-bond donors (Lipinski definition) is 3. The Labute approximate surface area is 150 Å². The van der Waals surface area contributed by atoms with Crippen LogP contribution in [0.1, 0.15) is 12.5 Å².